The van der Waals surface area contributed by atoms with E-state index in [2.05, 4.69) is 18.3 Å². The normalized spacial score (nSPS) is 11.0. The monoisotopic (exact) mass is 409 g/mol. The first-order valence-corrected chi connectivity index (χ1v) is 11.0. The van der Waals surface area contributed by atoms with Gasteiger partial charge in [0.25, 0.3) is 5.56 Å². The Balaban J connectivity index is 1.95. The van der Waals surface area contributed by atoms with Gasteiger partial charge in [0.2, 0.25) is 5.91 Å². The molecule has 0 radical (unpaired) electrons. The first-order chi connectivity index (χ1) is 14.0. The minimum atomic E-state index is -0.119. The van der Waals surface area contributed by atoms with Crippen LogP contribution in [0.4, 0.5) is 0 Å². The van der Waals surface area contributed by atoms with Crippen molar-refractivity contribution in [3.05, 3.63) is 63.9 Å². The van der Waals surface area contributed by atoms with Crippen LogP contribution in [0.5, 0.6) is 0 Å². The summed E-state index contributed by atoms with van der Waals surface area (Å²) < 4.78 is 1.62. The highest BCUT2D eigenvalue weighted by Gasteiger charge is 2.15. The van der Waals surface area contributed by atoms with Crippen LogP contribution in [0.2, 0.25) is 0 Å². The summed E-state index contributed by atoms with van der Waals surface area (Å²) in [5.74, 6) is 0.183. The van der Waals surface area contributed by atoms with Gasteiger partial charge in [-0.1, -0.05) is 49.7 Å². The van der Waals surface area contributed by atoms with E-state index in [1.807, 2.05) is 44.2 Å². The molecule has 29 heavy (non-hydrogen) atoms. The predicted octanol–water partition coefficient (Wildman–Crippen LogP) is 4.40. The molecule has 0 aliphatic carbocycles. The molecule has 1 heterocycles. The number of para-hydroxylation sites is 1. The lowest BCUT2D eigenvalue weighted by Gasteiger charge is -2.14. The Labute approximate surface area is 175 Å². The maximum absolute atomic E-state index is 13.3. The van der Waals surface area contributed by atoms with Crippen molar-refractivity contribution in [3.63, 3.8) is 0 Å². The van der Waals surface area contributed by atoms with Crippen LogP contribution in [0.15, 0.2) is 52.4 Å². The molecule has 3 rings (SSSR count). The predicted molar refractivity (Wildman–Crippen MR) is 120 cm³/mol. The van der Waals surface area contributed by atoms with E-state index in [1.54, 1.807) is 10.6 Å². The van der Waals surface area contributed by atoms with Gasteiger partial charge in [0.1, 0.15) is 0 Å². The van der Waals surface area contributed by atoms with Gasteiger partial charge < -0.3 is 5.32 Å². The molecule has 0 bridgehead atoms. The van der Waals surface area contributed by atoms with E-state index in [4.69, 9.17) is 4.98 Å². The average Bonchev–Trinajstić information content (AvgIpc) is 2.69. The topological polar surface area (TPSA) is 64.0 Å². The van der Waals surface area contributed by atoms with E-state index in [1.165, 1.54) is 11.8 Å². The van der Waals surface area contributed by atoms with Crippen molar-refractivity contribution in [3.8, 4) is 5.69 Å². The minimum absolute atomic E-state index is 0.0412. The Morgan fingerprint density at radius 1 is 1.10 bits per heavy atom. The van der Waals surface area contributed by atoms with E-state index in [0.29, 0.717) is 22.6 Å². The molecule has 0 spiro atoms. The molecule has 0 saturated carbocycles. The molecular formula is C23H27N3O2S. The number of thioether (sulfide) groups is 1. The van der Waals surface area contributed by atoms with E-state index in [9.17, 15) is 9.59 Å². The second-order valence-corrected chi connectivity index (χ2v) is 8.19. The molecule has 3 aromatic rings. The highest BCUT2D eigenvalue weighted by atomic mass is 32.2. The number of carbonyl (C=O) groups is 1. The summed E-state index contributed by atoms with van der Waals surface area (Å²) in [5, 5.41) is 4.04. The zero-order chi connectivity index (χ0) is 20.8. The average molecular weight is 410 g/mol. The number of hydrogen-bond donors (Lipinski definition) is 1. The summed E-state index contributed by atoms with van der Waals surface area (Å²) in [6, 6.07) is 13.3. The third-order valence-corrected chi connectivity index (χ3v) is 5.58. The SMILES string of the molecule is CCCCCNC(=O)CSc1nc2ccccc2c(=O)n1-c1cc(C)cc(C)c1. The van der Waals surface area contributed by atoms with Gasteiger partial charge >= 0.3 is 0 Å². The first-order valence-electron chi connectivity index (χ1n) is 9.99. The van der Waals surface area contributed by atoms with Crippen molar-refractivity contribution >= 4 is 28.6 Å². The molecule has 0 saturated heterocycles. The fourth-order valence-corrected chi connectivity index (χ4v) is 4.14. The Morgan fingerprint density at radius 3 is 2.55 bits per heavy atom. The number of aryl methyl sites for hydroxylation is 2. The van der Waals surface area contributed by atoms with Gasteiger partial charge in [-0.2, -0.15) is 0 Å². The molecular weight excluding hydrogens is 382 g/mol. The molecule has 0 fully saturated rings. The fraction of sp³-hybridized carbons (Fsp3) is 0.348. The minimum Gasteiger partial charge on any atom is -0.355 e. The molecule has 0 unspecified atom stereocenters. The van der Waals surface area contributed by atoms with Crippen LogP contribution in [-0.4, -0.2) is 27.8 Å². The van der Waals surface area contributed by atoms with Crippen LogP contribution < -0.4 is 10.9 Å². The van der Waals surface area contributed by atoms with Gasteiger partial charge in [0.05, 0.1) is 22.3 Å². The van der Waals surface area contributed by atoms with Gasteiger partial charge in [-0.25, -0.2) is 4.98 Å². The van der Waals surface area contributed by atoms with Gasteiger partial charge in [0.15, 0.2) is 5.16 Å². The molecule has 6 heteroatoms. The van der Waals surface area contributed by atoms with Crippen LogP contribution in [0.3, 0.4) is 0 Å². The van der Waals surface area contributed by atoms with E-state index < -0.39 is 0 Å². The molecule has 1 aromatic heterocycles. The Hall–Kier alpha value is -2.60. The van der Waals surface area contributed by atoms with E-state index >= 15 is 0 Å². The summed E-state index contributed by atoms with van der Waals surface area (Å²) in [7, 11) is 0. The molecule has 5 nitrogen and oxygen atoms in total. The third-order valence-electron chi connectivity index (χ3n) is 4.64. The van der Waals surface area contributed by atoms with Crippen molar-refractivity contribution in [1.82, 2.24) is 14.9 Å². The number of nitrogens with one attached hydrogen (secondary N) is 1. The van der Waals surface area contributed by atoms with Crippen molar-refractivity contribution in [2.75, 3.05) is 12.3 Å². The van der Waals surface area contributed by atoms with Crippen LogP contribution in [-0.2, 0) is 4.79 Å². The molecule has 0 atom stereocenters. The zero-order valence-corrected chi connectivity index (χ0v) is 18.0. The number of hydrogen-bond acceptors (Lipinski definition) is 4. The molecule has 0 aliphatic rings. The summed E-state index contributed by atoms with van der Waals surface area (Å²) in [6.07, 6.45) is 3.20. The number of amides is 1. The van der Waals surface area contributed by atoms with Gasteiger partial charge in [-0.15, -0.1) is 0 Å². The van der Waals surface area contributed by atoms with Crippen LogP contribution >= 0.6 is 11.8 Å². The number of carbonyl (C=O) groups excluding carboxylic acids is 1. The summed E-state index contributed by atoms with van der Waals surface area (Å²) in [6.45, 7) is 6.83. The van der Waals surface area contributed by atoms with Gasteiger partial charge in [-0.05, 0) is 55.7 Å². The van der Waals surface area contributed by atoms with Crippen molar-refractivity contribution in [2.24, 2.45) is 0 Å². The van der Waals surface area contributed by atoms with Crippen LogP contribution in [0.25, 0.3) is 16.6 Å². The number of benzene rings is 2. The van der Waals surface area contributed by atoms with Crippen molar-refractivity contribution in [2.45, 2.75) is 45.2 Å². The van der Waals surface area contributed by atoms with Crippen LogP contribution in [0, 0.1) is 13.8 Å². The lowest BCUT2D eigenvalue weighted by Crippen LogP contribution is -2.27. The number of aromatic nitrogens is 2. The summed E-state index contributed by atoms with van der Waals surface area (Å²) >= 11 is 1.29. The molecule has 2 aromatic carbocycles. The Kier molecular flexibility index (Phi) is 7.09. The summed E-state index contributed by atoms with van der Waals surface area (Å²) in [4.78, 5) is 30.2. The van der Waals surface area contributed by atoms with Gasteiger partial charge in [-0.3, -0.25) is 14.2 Å². The smallest absolute Gasteiger partial charge is 0.266 e. The van der Waals surface area contributed by atoms with Gasteiger partial charge in [0, 0.05) is 6.54 Å². The number of rotatable bonds is 8. The number of nitrogens with zero attached hydrogens (tertiary/aromatic N) is 2. The molecule has 1 amide bonds. The van der Waals surface area contributed by atoms with Crippen LogP contribution in [0.1, 0.15) is 37.3 Å². The summed E-state index contributed by atoms with van der Waals surface area (Å²) in [5.41, 5.74) is 3.45. The third kappa shape index (κ3) is 5.26. The lowest BCUT2D eigenvalue weighted by molar-refractivity contribution is -0.118. The second kappa shape index (κ2) is 9.74. The molecule has 152 valence electrons. The first kappa shape index (κ1) is 21.1. The highest BCUT2D eigenvalue weighted by Crippen LogP contribution is 2.22. The van der Waals surface area contributed by atoms with Crippen molar-refractivity contribution < 1.29 is 4.79 Å². The Bertz CT molecular complexity index is 1060. The molecule has 0 aliphatic heterocycles. The van der Waals surface area contributed by atoms with E-state index in [0.717, 1.165) is 36.1 Å². The number of fused-ring (bicyclic) bond motifs is 1. The molecule has 1 N–H and O–H groups in total. The maximum atomic E-state index is 13.3. The van der Waals surface area contributed by atoms with Crippen molar-refractivity contribution in [1.29, 1.82) is 0 Å². The Morgan fingerprint density at radius 2 is 1.83 bits per heavy atom. The number of unbranched alkanes of at least 4 members (excludes halogenated alkanes) is 2. The lowest BCUT2D eigenvalue weighted by atomic mass is 10.1. The highest BCUT2D eigenvalue weighted by molar-refractivity contribution is 7.99. The standard InChI is InChI=1S/C23H27N3O2S/c1-4-5-8-11-24-21(27)15-29-23-25-20-10-7-6-9-19(20)22(28)26(23)18-13-16(2)12-17(3)14-18/h6-7,9-10,12-14H,4-5,8,11,15H2,1-3H3,(H,24,27). The second-order valence-electron chi connectivity index (χ2n) is 7.24. The zero-order valence-electron chi connectivity index (χ0n) is 17.2. The quantitative estimate of drug-likeness (QED) is 0.340. The fourth-order valence-electron chi connectivity index (χ4n) is 3.30. The largest absolute Gasteiger partial charge is 0.355 e. The van der Waals surface area contributed by atoms with E-state index in [-0.39, 0.29) is 17.2 Å². The maximum Gasteiger partial charge on any atom is 0.266 e.